The van der Waals surface area contributed by atoms with Crippen molar-refractivity contribution in [1.82, 2.24) is 14.8 Å². The Morgan fingerprint density at radius 2 is 1.93 bits per heavy atom. The Balaban J connectivity index is 2.88. The van der Waals surface area contributed by atoms with E-state index in [1.165, 1.54) is 0 Å². The molecule has 1 heterocycles. The average Bonchev–Trinajstić information content (AvgIpc) is 2.59. The van der Waals surface area contributed by atoms with Gasteiger partial charge >= 0.3 is 0 Å². The van der Waals surface area contributed by atoms with Gasteiger partial charge in [0.25, 0.3) is 0 Å². The van der Waals surface area contributed by atoms with Gasteiger partial charge < -0.3 is 0 Å². The van der Waals surface area contributed by atoms with Crippen molar-refractivity contribution in [2.45, 2.75) is 47.1 Å². The topological polar surface area (TPSA) is 30.7 Å². The van der Waals surface area contributed by atoms with Crippen molar-refractivity contribution in [1.29, 1.82) is 0 Å². The number of hydrogen-bond donors (Lipinski definition) is 1. The second kappa shape index (κ2) is 5.01. The average molecular weight is 227 g/mol. The molecule has 0 aliphatic rings. The van der Waals surface area contributed by atoms with Crippen molar-refractivity contribution in [2.24, 2.45) is 5.41 Å². The van der Waals surface area contributed by atoms with Gasteiger partial charge in [0.15, 0.2) is 5.82 Å². The molecule has 0 N–H and O–H groups in total. The van der Waals surface area contributed by atoms with E-state index in [4.69, 9.17) is 0 Å². The molecule has 3 nitrogen and oxygen atoms in total. The largest absolute Gasteiger partial charge is 0.249 e. The van der Waals surface area contributed by atoms with E-state index in [9.17, 15) is 0 Å². The molecule has 0 saturated carbocycles. The Labute approximate surface area is 97.7 Å². The smallest absolute Gasteiger partial charge is 0.150 e. The molecular weight excluding hydrogens is 206 g/mol. The summed E-state index contributed by atoms with van der Waals surface area (Å²) in [7, 11) is 0. The normalized spacial score (nSPS) is 12.1. The maximum Gasteiger partial charge on any atom is 0.150 e. The fourth-order valence-corrected chi connectivity index (χ4v) is 1.52. The number of thiol groups is 1. The first-order valence-corrected chi connectivity index (χ1v) is 6.19. The highest BCUT2D eigenvalue weighted by Gasteiger charge is 2.19. The number of rotatable bonds is 5. The van der Waals surface area contributed by atoms with Crippen LogP contribution in [-0.4, -0.2) is 20.5 Å². The molecule has 0 atom stereocenters. The van der Waals surface area contributed by atoms with E-state index in [2.05, 4.69) is 50.4 Å². The van der Waals surface area contributed by atoms with Crippen LogP contribution in [0.5, 0.6) is 0 Å². The van der Waals surface area contributed by atoms with E-state index in [0.717, 1.165) is 36.8 Å². The SMILES string of the molecule is CCc1nc(CC)n(CC(C)(C)CS)n1. The molecule has 1 aromatic heterocycles. The van der Waals surface area contributed by atoms with E-state index in [1.54, 1.807) is 0 Å². The quantitative estimate of drug-likeness (QED) is 0.783. The van der Waals surface area contributed by atoms with Crippen LogP contribution in [0, 0.1) is 5.41 Å². The lowest BCUT2D eigenvalue weighted by molar-refractivity contribution is 0.326. The third kappa shape index (κ3) is 3.23. The van der Waals surface area contributed by atoms with E-state index in [-0.39, 0.29) is 5.41 Å². The van der Waals surface area contributed by atoms with Gasteiger partial charge in [-0.1, -0.05) is 27.7 Å². The van der Waals surface area contributed by atoms with Gasteiger partial charge in [-0.05, 0) is 11.2 Å². The standard InChI is InChI=1S/C11H21N3S/c1-5-9-12-10(6-2)14(13-9)7-11(3,4)8-15/h15H,5-8H2,1-4H3. The van der Waals surface area contributed by atoms with Crippen LogP contribution >= 0.6 is 12.6 Å². The zero-order chi connectivity index (χ0) is 11.5. The number of aryl methyl sites for hydroxylation is 2. The molecular formula is C11H21N3S. The highest BCUT2D eigenvalue weighted by molar-refractivity contribution is 7.80. The molecule has 86 valence electrons. The second-order valence-electron chi connectivity index (χ2n) is 4.63. The maximum atomic E-state index is 4.50. The van der Waals surface area contributed by atoms with Crippen LogP contribution in [0.3, 0.4) is 0 Å². The van der Waals surface area contributed by atoms with Gasteiger partial charge in [-0.25, -0.2) is 9.67 Å². The van der Waals surface area contributed by atoms with Crippen LogP contribution in [0.25, 0.3) is 0 Å². The van der Waals surface area contributed by atoms with Gasteiger partial charge in [0.1, 0.15) is 5.82 Å². The maximum absolute atomic E-state index is 4.50. The van der Waals surface area contributed by atoms with Crippen LogP contribution < -0.4 is 0 Å². The van der Waals surface area contributed by atoms with Gasteiger partial charge in [0, 0.05) is 19.4 Å². The summed E-state index contributed by atoms with van der Waals surface area (Å²) in [5.41, 5.74) is 0.172. The number of hydrogen-bond acceptors (Lipinski definition) is 3. The van der Waals surface area contributed by atoms with Crippen LogP contribution in [0.1, 0.15) is 39.3 Å². The molecule has 0 unspecified atom stereocenters. The summed E-state index contributed by atoms with van der Waals surface area (Å²) in [6.45, 7) is 9.50. The number of nitrogens with zero attached hydrogens (tertiary/aromatic N) is 3. The third-order valence-corrected chi connectivity index (χ3v) is 3.29. The van der Waals surface area contributed by atoms with Crippen LogP contribution in [-0.2, 0) is 19.4 Å². The first-order valence-electron chi connectivity index (χ1n) is 5.56. The Bertz CT molecular complexity index is 318. The van der Waals surface area contributed by atoms with Crippen molar-refractivity contribution >= 4 is 12.6 Å². The van der Waals surface area contributed by atoms with Crippen LogP contribution in [0.15, 0.2) is 0 Å². The summed E-state index contributed by atoms with van der Waals surface area (Å²) in [6.07, 6.45) is 1.84. The lowest BCUT2D eigenvalue weighted by Crippen LogP contribution is -2.23. The minimum Gasteiger partial charge on any atom is -0.249 e. The molecule has 1 aromatic rings. The van der Waals surface area contributed by atoms with Crippen molar-refractivity contribution in [3.8, 4) is 0 Å². The molecule has 0 radical (unpaired) electrons. The Hall–Kier alpha value is -0.510. The zero-order valence-electron chi connectivity index (χ0n) is 10.1. The van der Waals surface area contributed by atoms with Crippen LogP contribution in [0.4, 0.5) is 0 Å². The summed E-state index contributed by atoms with van der Waals surface area (Å²) in [5.74, 6) is 2.89. The molecule has 0 saturated heterocycles. The summed E-state index contributed by atoms with van der Waals surface area (Å²) < 4.78 is 2.04. The van der Waals surface area contributed by atoms with E-state index >= 15 is 0 Å². The van der Waals surface area contributed by atoms with Crippen molar-refractivity contribution < 1.29 is 0 Å². The lowest BCUT2D eigenvalue weighted by atomic mass is 9.96. The fraction of sp³-hybridized carbons (Fsp3) is 0.818. The predicted molar refractivity (Wildman–Crippen MR) is 66.4 cm³/mol. The molecule has 0 bridgehead atoms. The molecule has 15 heavy (non-hydrogen) atoms. The summed E-state index contributed by atoms with van der Waals surface area (Å²) in [6, 6.07) is 0. The summed E-state index contributed by atoms with van der Waals surface area (Å²) in [5, 5.41) is 4.50. The number of aromatic nitrogens is 3. The molecule has 0 spiro atoms. The molecule has 0 amide bonds. The second-order valence-corrected chi connectivity index (χ2v) is 4.95. The Kier molecular flexibility index (Phi) is 4.20. The van der Waals surface area contributed by atoms with Crippen molar-refractivity contribution in [2.75, 3.05) is 5.75 Å². The Morgan fingerprint density at radius 3 is 2.40 bits per heavy atom. The lowest BCUT2D eigenvalue weighted by Gasteiger charge is -2.22. The molecule has 4 heteroatoms. The molecule has 0 aliphatic heterocycles. The van der Waals surface area contributed by atoms with Crippen molar-refractivity contribution in [3.63, 3.8) is 0 Å². The summed E-state index contributed by atoms with van der Waals surface area (Å²) >= 11 is 4.36. The van der Waals surface area contributed by atoms with Gasteiger partial charge in [0.2, 0.25) is 0 Å². The monoisotopic (exact) mass is 227 g/mol. The Morgan fingerprint density at radius 1 is 1.27 bits per heavy atom. The molecule has 0 fully saturated rings. The third-order valence-electron chi connectivity index (χ3n) is 2.43. The first kappa shape index (κ1) is 12.6. The zero-order valence-corrected chi connectivity index (χ0v) is 11.0. The predicted octanol–water partition coefficient (Wildman–Crippen LogP) is 2.36. The highest BCUT2D eigenvalue weighted by atomic mass is 32.1. The minimum atomic E-state index is 0.172. The molecule has 0 aromatic carbocycles. The van der Waals surface area contributed by atoms with Gasteiger partial charge in [-0.2, -0.15) is 17.7 Å². The van der Waals surface area contributed by atoms with E-state index in [1.807, 2.05) is 4.68 Å². The highest BCUT2D eigenvalue weighted by Crippen LogP contribution is 2.20. The minimum absolute atomic E-state index is 0.172. The molecule has 0 aliphatic carbocycles. The first-order chi connectivity index (χ1) is 7.02. The van der Waals surface area contributed by atoms with Gasteiger partial charge in [0.05, 0.1) is 0 Å². The van der Waals surface area contributed by atoms with Crippen molar-refractivity contribution in [3.05, 3.63) is 11.6 Å². The molecule has 1 rings (SSSR count). The summed E-state index contributed by atoms with van der Waals surface area (Å²) in [4.78, 5) is 4.49. The fourth-order valence-electron chi connectivity index (χ4n) is 1.42. The van der Waals surface area contributed by atoms with Crippen LogP contribution in [0.2, 0.25) is 0 Å². The van der Waals surface area contributed by atoms with Gasteiger partial charge in [-0.3, -0.25) is 0 Å². The van der Waals surface area contributed by atoms with E-state index in [0.29, 0.717) is 0 Å². The van der Waals surface area contributed by atoms with Gasteiger partial charge in [-0.15, -0.1) is 0 Å². The van der Waals surface area contributed by atoms with E-state index < -0.39 is 0 Å².